The maximum atomic E-state index is 2.47. The number of hydrogen-bond acceptors (Lipinski definition) is 0. The third-order valence-electron chi connectivity index (χ3n) is 14.4. The van der Waals surface area contributed by atoms with Crippen molar-refractivity contribution in [2.75, 3.05) is 0 Å². The van der Waals surface area contributed by atoms with Crippen LogP contribution in [0, 0.1) is 6.92 Å². The van der Waals surface area contributed by atoms with E-state index in [1.54, 1.807) is 0 Å². The fraction of sp³-hybridized carbons (Fsp3) is 0.0154. The molecule has 12 aromatic rings. The zero-order valence-electron chi connectivity index (χ0n) is 35.9. The molecule has 0 unspecified atom stereocenters. The predicted octanol–water partition coefficient (Wildman–Crippen LogP) is 18.2. The first-order valence-corrected chi connectivity index (χ1v) is 22.8. The topological polar surface area (TPSA) is 0 Å². The molecular formula is C65H40. The summed E-state index contributed by atoms with van der Waals surface area (Å²) in [5.41, 5.74) is 24.4. The Labute approximate surface area is 378 Å². The van der Waals surface area contributed by atoms with Crippen molar-refractivity contribution in [1.29, 1.82) is 0 Å². The Morgan fingerprint density at radius 3 is 1.03 bits per heavy atom. The molecule has 12 aromatic carbocycles. The van der Waals surface area contributed by atoms with Gasteiger partial charge in [0.25, 0.3) is 0 Å². The monoisotopic (exact) mass is 820 g/mol. The molecule has 0 radical (unpaired) electrons. The van der Waals surface area contributed by atoms with E-state index in [1.165, 1.54) is 149 Å². The van der Waals surface area contributed by atoms with Gasteiger partial charge in [-0.2, -0.15) is 0 Å². The maximum Gasteiger partial charge on any atom is -0.000718 e. The summed E-state index contributed by atoms with van der Waals surface area (Å²) >= 11 is 0. The molecule has 0 heterocycles. The summed E-state index contributed by atoms with van der Waals surface area (Å²) in [6.45, 7) is 2.17. The van der Waals surface area contributed by atoms with Crippen molar-refractivity contribution in [2.45, 2.75) is 6.92 Å². The Morgan fingerprint density at radius 2 is 0.569 bits per heavy atom. The van der Waals surface area contributed by atoms with E-state index in [0.717, 1.165) is 0 Å². The highest BCUT2D eigenvalue weighted by Gasteiger charge is 2.37. The highest BCUT2D eigenvalue weighted by molar-refractivity contribution is 6.36. The summed E-state index contributed by atoms with van der Waals surface area (Å²) in [6.07, 6.45) is 0. The molecule has 0 saturated heterocycles. The van der Waals surface area contributed by atoms with Gasteiger partial charge in [0.15, 0.2) is 0 Å². The fourth-order valence-electron chi connectivity index (χ4n) is 11.7. The van der Waals surface area contributed by atoms with Gasteiger partial charge < -0.3 is 0 Å². The molecule has 0 heteroatoms. The van der Waals surface area contributed by atoms with Crippen LogP contribution < -0.4 is 0 Å². The third kappa shape index (κ3) is 5.14. The van der Waals surface area contributed by atoms with Gasteiger partial charge in [-0.25, -0.2) is 0 Å². The number of fused-ring (bicyclic) bond motifs is 9. The summed E-state index contributed by atoms with van der Waals surface area (Å²) in [5.74, 6) is 0. The van der Waals surface area contributed by atoms with Crippen LogP contribution in [0.4, 0.5) is 0 Å². The molecule has 0 bridgehead atoms. The van der Waals surface area contributed by atoms with Crippen molar-refractivity contribution in [3.05, 3.63) is 230 Å². The minimum atomic E-state index is 1.23. The molecule has 0 N–H and O–H groups in total. The van der Waals surface area contributed by atoms with Gasteiger partial charge in [-0.15, -0.1) is 0 Å². The molecule has 65 heavy (non-hydrogen) atoms. The first-order chi connectivity index (χ1) is 32.2. The second-order valence-corrected chi connectivity index (χ2v) is 17.9. The lowest BCUT2D eigenvalue weighted by Crippen LogP contribution is -1.95. The lowest BCUT2D eigenvalue weighted by molar-refractivity contribution is 1.47. The minimum Gasteiger partial charge on any atom is -0.0622 e. The Balaban J connectivity index is 1.16. The first-order valence-electron chi connectivity index (χ1n) is 22.8. The Hall–Kier alpha value is -8.32. The highest BCUT2D eigenvalue weighted by Crippen LogP contribution is 2.64. The molecule has 0 aliphatic heterocycles. The fourth-order valence-corrected chi connectivity index (χ4v) is 11.7. The van der Waals surface area contributed by atoms with Gasteiger partial charge in [0.1, 0.15) is 0 Å². The number of rotatable bonds is 5. The van der Waals surface area contributed by atoms with E-state index in [-0.39, 0.29) is 0 Å². The van der Waals surface area contributed by atoms with E-state index >= 15 is 0 Å². The van der Waals surface area contributed by atoms with E-state index in [9.17, 15) is 0 Å². The van der Waals surface area contributed by atoms with Crippen LogP contribution in [0.5, 0.6) is 0 Å². The van der Waals surface area contributed by atoms with Gasteiger partial charge in [-0.1, -0.05) is 218 Å². The van der Waals surface area contributed by atoms with Gasteiger partial charge >= 0.3 is 0 Å². The van der Waals surface area contributed by atoms with Gasteiger partial charge in [0, 0.05) is 0 Å². The van der Waals surface area contributed by atoms with E-state index in [0.29, 0.717) is 0 Å². The molecule has 300 valence electrons. The normalized spacial score (nSPS) is 12.1. The molecule has 2 aliphatic rings. The molecule has 0 saturated carbocycles. The van der Waals surface area contributed by atoms with Gasteiger partial charge in [0.05, 0.1) is 0 Å². The smallest absolute Gasteiger partial charge is 0.000718 e. The molecule has 0 spiro atoms. The SMILES string of the molecule is Cc1ccc(-c2ccccc2-c2c3c(c(-c4ccccc4)c4ccccc24)-c2ccc4c5c(ccc-3c25)-c2c-4c(-c3ccccc3)c3cc4ccccc4cc3c2-c2ccccc2)cc1. The summed E-state index contributed by atoms with van der Waals surface area (Å²) < 4.78 is 0. The van der Waals surface area contributed by atoms with Gasteiger partial charge in [-0.05, 0) is 162 Å². The van der Waals surface area contributed by atoms with E-state index in [1.807, 2.05) is 0 Å². The molecule has 0 atom stereocenters. The summed E-state index contributed by atoms with van der Waals surface area (Å²) in [6, 6.07) is 84.1. The Bertz CT molecular complexity index is 3840. The maximum absolute atomic E-state index is 2.47. The molecule has 0 aromatic heterocycles. The highest BCUT2D eigenvalue weighted by atomic mass is 14.4. The molecule has 0 fully saturated rings. The van der Waals surface area contributed by atoms with Crippen molar-refractivity contribution in [3.63, 3.8) is 0 Å². The van der Waals surface area contributed by atoms with E-state index in [4.69, 9.17) is 0 Å². The van der Waals surface area contributed by atoms with Gasteiger partial charge in [-0.3, -0.25) is 0 Å². The Morgan fingerprint density at radius 1 is 0.215 bits per heavy atom. The number of aryl methyl sites for hydroxylation is 1. The number of hydrogen-bond donors (Lipinski definition) is 0. The summed E-state index contributed by atoms with van der Waals surface area (Å²) in [4.78, 5) is 0. The first kappa shape index (κ1) is 36.2. The summed E-state index contributed by atoms with van der Waals surface area (Å²) in [5, 5.41) is 10.3. The summed E-state index contributed by atoms with van der Waals surface area (Å²) in [7, 11) is 0. The Kier molecular flexibility index (Phi) is 7.71. The van der Waals surface area contributed by atoms with E-state index in [2.05, 4.69) is 231 Å². The largest absolute Gasteiger partial charge is 0.0622 e. The minimum absolute atomic E-state index is 1.23. The van der Waals surface area contributed by atoms with E-state index < -0.39 is 0 Å². The van der Waals surface area contributed by atoms with Crippen LogP contribution in [0.3, 0.4) is 0 Å². The third-order valence-corrected chi connectivity index (χ3v) is 14.4. The molecule has 0 nitrogen and oxygen atoms in total. The second-order valence-electron chi connectivity index (χ2n) is 17.9. The quantitative estimate of drug-likeness (QED) is 0.152. The average Bonchev–Trinajstić information content (AvgIpc) is 3.87. The van der Waals surface area contributed by atoms with Crippen LogP contribution in [0.15, 0.2) is 224 Å². The van der Waals surface area contributed by atoms with Crippen LogP contribution >= 0.6 is 0 Å². The average molecular weight is 821 g/mol. The van der Waals surface area contributed by atoms with Crippen LogP contribution in [0.2, 0.25) is 0 Å². The van der Waals surface area contributed by atoms with Crippen molar-refractivity contribution in [3.8, 4) is 100 Å². The lowest BCUT2D eigenvalue weighted by Gasteiger charge is -2.22. The van der Waals surface area contributed by atoms with Crippen LogP contribution in [0.1, 0.15) is 5.56 Å². The van der Waals surface area contributed by atoms with Crippen LogP contribution in [-0.4, -0.2) is 0 Å². The number of benzene rings is 12. The molecule has 14 rings (SSSR count). The van der Waals surface area contributed by atoms with Gasteiger partial charge in [0.2, 0.25) is 0 Å². The predicted molar refractivity (Wildman–Crippen MR) is 277 cm³/mol. The lowest BCUT2D eigenvalue weighted by atomic mass is 9.80. The zero-order valence-corrected chi connectivity index (χ0v) is 35.9. The van der Waals surface area contributed by atoms with Crippen molar-refractivity contribution in [2.24, 2.45) is 0 Å². The van der Waals surface area contributed by atoms with Crippen LogP contribution in [0.25, 0.3) is 143 Å². The van der Waals surface area contributed by atoms with Crippen molar-refractivity contribution in [1.82, 2.24) is 0 Å². The van der Waals surface area contributed by atoms with Crippen molar-refractivity contribution < 1.29 is 0 Å². The molecule has 2 aliphatic carbocycles. The second kappa shape index (κ2) is 13.8. The van der Waals surface area contributed by atoms with Crippen molar-refractivity contribution >= 4 is 43.1 Å². The molecular weight excluding hydrogens is 781 g/mol. The zero-order chi connectivity index (χ0) is 42.8. The molecule has 0 amide bonds. The van der Waals surface area contributed by atoms with Crippen LogP contribution in [-0.2, 0) is 0 Å². The standard InChI is InChI=1S/C65H40/c1-39-29-31-40(32-30-39)46-25-13-14-26-47(46)59-49-28-16-15-27-48(49)56(41-17-5-2-6-18-41)62-50-33-34-51-60-52(35-36-53(61(50)60)65(59)62)64-58(43-21-9-4-10-22-43)55-38-45-24-12-11-23-44(45)37-54(55)57(63(51)64)42-19-7-3-8-20-42/h2-38H,1H3.